The molecule has 86 valence electrons. The van der Waals surface area contributed by atoms with Gasteiger partial charge in [-0.05, 0) is 31.6 Å². The molecule has 1 N–H and O–H groups in total. The lowest BCUT2D eigenvalue weighted by Crippen LogP contribution is -2.26. The molecular weight excluding hydrogens is 214 g/mol. The second-order valence-corrected chi connectivity index (χ2v) is 7.03. The molecule has 1 saturated heterocycles. The van der Waals surface area contributed by atoms with E-state index in [1.54, 1.807) is 0 Å². The smallest absolute Gasteiger partial charge is 0.309 e. The van der Waals surface area contributed by atoms with Gasteiger partial charge in [-0.25, -0.2) is 4.21 Å². The molecule has 5 heteroatoms. The molecule has 0 aromatic carbocycles. The van der Waals surface area contributed by atoms with Gasteiger partial charge in [0.05, 0.1) is 12.5 Å². The van der Waals surface area contributed by atoms with E-state index < -0.39 is 9.73 Å². The SMILES string of the molecule is CCOC(=O)C1CC12CCS(=N)(=O)CC2. The fourth-order valence-electron chi connectivity index (χ4n) is 2.44. The molecule has 1 spiro atoms. The van der Waals surface area contributed by atoms with Gasteiger partial charge in [-0.1, -0.05) is 0 Å². The summed E-state index contributed by atoms with van der Waals surface area (Å²) in [6, 6.07) is 0. The van der Waals surface area contributed by atoms with Gasteiger partial charge in [0, 0.05) is 21.2 Å². The standard InChI is InChI=1S/C10H17NO3S/c1-2-14-9(12)8-7-10(8)3-5-15(11,13)6-4-10/h8,11H,2-7H2,1H3. The van der Waals surface area contributed by atoms with Crippen LogP contribution in [0.1, 0.15) is 26.2 Å². The Morgan fingerprint density at radius 2 is 2.13 bits per heavy atom. The second-order valence-electron chi connectivity index (χ2n) is 4.59. The maximum absolute atomic E-state index is 11.5. The molecule has 0 amide bonds. The van der Waals surface area contributed by atoms with Gasteiger partial charge in [-0.3, -0.25) is 9.57 Å². The van der Waals surface area contributed by atoms with Crippen molar-refractivity contribution in [3.8, 4) is 0 Å². The monoisotopic (exact) mass is 231 g/mol. The third-order valence-electron chi connectivity index (χ3n) is 3.62. The lowest BCUT2D eigenvalue weighted by atomic mass is 9.96. The van der Waals surface area contributed by atoms with Gasteiger partial charge in [-0.2, -0.15) is 0 Å². The van der Waals surface area contributed by atoms with Gasteiger partial charge in [0.2, 0.25) is 0 Å². The molecule has 0 aromatic heterocycles. The minimum absolute atomic E-state index is 0.0212. The first kappa shape index (κ1) is 10.9. The maximum Gasteiger partial charge on any atom is 0.309 e. The zero-order valence-corrected chi connectivity index (χ0v) is 9.77. The Morgan fingerprint density at radius 1 is 1.53 bits per heavy atom. The van der Waals surface area contributed by atoms with Gasteiger partial charge >= 0.3 is 5.97 Å². The van der Waals surface area contributed by atoms with Crippen molar-refractivity contribution in [3.63, 3.8) is 0 Å². The van der Waals surface area contributed by atoms with Gasteiger partial charge in [-0.15, -0.1) is 0 Å². The first-order valence-corrected chi connectivity index (χ1v) is 7.29. The summed E-state index contributed by atoms with van der Waals surface area (Å²) in [6.45, 7) is 2.24. The summed E-state index contributed by atoms with van der Waals surface area (Å²) in [5, 5.41) is 0. The highest BCUT2D eigenvalue weighted by Gasteiger charge is 2.59. The summed E-state index contributed by atoms with van der Waals surface area (Å²) in [5.74, 6) is 0.843. The van der Waals surface area contributed by atoms with Crippen molar-refractivity contribution in [2.24, 2.45) is 11.3 Å². The molecule has 1 heterocycles. The van der Waals surface area contributed by atoms with Crippen molar-refractivity contribution >= 4 is 15.7 Å². The largest absolute Gasteiger partial charge is 0.466 e. The zero-order chi connectivity index (χ0) is 11.1. The average Bonchev–Trinajstić information content (AvgIpc) is 2.87. The van der Waals surface area contributed by atoms with Crippen LogP contribution in [-0.4, -0.2) is 28.3 Å². The second kappa shape index (κ2) is 3.47. The molecule has 4 nitrogen and oxygen atoms in total. The summed E-state index contributed by atoms with van der Waals surface area (Å²) < 4.78 is 24.0. The molecule has 2 fully saturated rings. The fraction of sp³-hybridized carbons (Fsp3) is 0.900. The molecular formula is C10H17NO3S. The number of hydrogen-bond donors (Lipinski definition) is 1. The summed E-state index contributed by atoms with van der Waals surface area (Å²) in [6.07, 6.45) is 2.40. The van der Waals surface area contributed by atoms with Gasteiger partial charge in [0.15, 0.2) is 0 Å². The van der Waals surface area contributed by atoms with E-state index in [0.29, 0.717) is 18.1 Å². The topological polar surface area (TPSA) is 67.2 Å². The minimum Gasteiger partial charge on any atom is -0.466 e. The van der Waals surface area contributed by atoms with Crippen LogP contribution in [0.2, 0.25) is 0 Å². The molecule has 1 aliphatic carbocycles. The van der Waals surface area contributed by atoms with Crippen molar-refractivity contribution in [1.29, 1.82) is 4.78 Å². The molecule has 1 unspecified atom stereocenters. The number of esters is 1. The maximum atomic E-state index is 11.5. The Kier molecular flexibility index (Phi) is 2.53. The molecule has 0 radical (unpaired) electrons. The van der Waals surface area contributed by atoms with Gasteiger partial charge in [0.25, 0.3) is 0 Å². The van der Waals surface area contributed by atoms with Crippen LogP contribution in [0.4, 0.5) is 0 Å². The minimum atomic E-state index is -2.33. The fourth-order valence-corrected chi connectivity index (χ4v) is 4.12. The highest BCUT2D eigenvalue weighted by Crippen LogP contribution is 2.60. The highest BCUT2D eigenvalue weighted by molar-refractivity contribution is 7.92. The first-order valence-electron chi connectivity index (χ1n) is 5.40. The van der Waals surface area contributed by atoms with Crippen molar-refractivity contribution in [2.75, 3.05) is 18.1 Å². The lowest BCUT2D eigenvalue weighted by Gasteiger charge is -2.23. The number of hydrogen-bond acceptors (Lipinski definition) is 4. The number of carbonyl (C=O) groups is 1. The Balaban J connectivity index is 1.95. The molecule has 1 atom stereocenters. The van der Waals surface area contributed by atoms with Crippen molar-refractivity contribution < 1.29 is 13.7 Å². The van der Waals surface area contributed by atoms with E-state index in [2.05, 4.69) is 0 Å². The van der Waals surface area contributed by atoms with Crippen LogP contribution in [-0.2, 0) is 19.3 Å². The van der Waals surface area contributed by atoms with Crippen LogP contribution in [0.25, 0.3) is 0 Å². The average molecular weight is 231 g/mol. The molecule has 2 aliphatic rings. The van der Waals surface area contributed by atoms with E-state index in [-0.39, 0.29) is 17.3 Å². The molecule has 0 bridgehead atoms. The third kappa shape index (κ3) is 2.02. The number of nitrogens with one attached hydrogen (secondary N) is 1. The third-order valence-corrected chi connectivity index (χ3v) is 5.35. The molecule has 1 aliphatic heterocycles. The van der Waals surface area contributed by atoms with E-state index in [0.717, 1.165) is 19.3 Å². The summed E-state index contributed by atoms with van der Waals surface area (Å²) in [4.78, 5) is 11.5. The first-order chi connectivity index (χ1) is 6.99. The van der Waals surface area contributed by atoms with Crippen molar-refractivity contribution in [2.45, 2.75) is 26.2 Å². The quantitative estimate of drug-likeness (QED) is 0.730. The molecule has 1 saturated carbocycles. The van der Waals surface area contributed by atoms with E-state index in [1.165, 1.54) is 0 Å². The predicted octanol–water partition coefficient (Wildman–Crippen LogP) is 1.40. The molecule has 0 aromatic rings. The Morgan fingerprint density at radius 3 is 2.67 bits per heavy atom. The van der Waals surface area contributed by atoms with E-state index >= 15 is 0 Å². The van der Waals surface area contributed by atoms with Crippen molar-refractivity contribution in [3.05, 3.63) is 0 Å². The zero-order valence-electron chi connectivity index (χ0n) is 8.95. The van der Waals surface area contributed by atoms with E-state index in [1.807, 2.05) is 6.92 Å². The van der Waals surface area contributed by atoms with Crippen LogP contribution in [0.15, 0.2) is 0 Å². The van der Waals surface area contributed by atoms with Crippen LogP contribution >= 0.6 is 0 Å². The van der Waals surface area contributed by atoms with Crippen molar-refractivity contribution in [1.82, 2.24) is 0 Å². The van der Waals surface area contributed by atoms with Crippen LogP contribution in [0.3, 0.4) is 0 Å². The van der Waals surface area contributed by atoms with Crippen LogP contribution in [0, 0.1) is 16.1 Å². The van der Waals surface area contributed by atoms with Crippen LogP contribution in [0.5, 0.6) is 0 Å². The van der Waals surface area contributed by atoms with E-state index in [9.17, 15) is 9.00 Å². The Hall–Kier alpha value is -0.580. The number of carbonyl (C=O) groups excluding carboxylic acids is 1. The molecule has 15 heavy (non-hydrogen) atoms. The summed E-state index contributed by atoms with van der Waals surface area (Å²) >= 11 is 0. The van der Waals surface area contributed by atoms with E-state index in [4.69, 9.17) is 9.52 Å². The van der Waals surface area contributed by atoms with Gasteiger partial charge < -0.3 is 4.74 Å². The number of ether oxygens (including phenoxy) is 1. The molecule has 2 rings (SSSR count). The highest BCUT2D eigenvalue weighted by atomic mass is 32.2. The number of rotatable bonds is 2. The van der Waals surface area contributed by atoms with Crippen LogP contribution < -0.4 is 0 Å². The normalized spacial score (nSPS) is 43.9. The lowest BCUT2D eigenvalue weighted by molar-refractivity contribution is -0.145. The Bertz CT molecular complexity index is 360. The summed E-state index contributed by atoms with van der Waals surface area (Å²) in [7, 11) is -2.33. The summed E-state index contributed by atoms with van der Waals surface area (Å²) in [5.41, 5.74) is 0.0498. The predicted molar refractivity (Wildman–Crippen MR) is 57.0 cm³/mol. The van der Waals surface area contributed by atoms with Gasteiger partial charge in [0.1, 0.15) is 0 Å². The Labute approximate surface area is 90.4 Å².